The van der Waals surface area contributed by atoms with E-state index in [0.29, 0.717) is 11.3 Å². The van der Waals surface area contributed by atoms with Gasteiger partial charge in [0.25, 0.3) is 10.0 Å². The number of carbonyl (C=O) groups is 1. The molecule has 140 valence electrons. The Bertz CT molecular complexity index is 812. The van der Waals surface area contributed by atoms with Crippen molar-refractivity contribution < 1.29 is 18.3 Å². The van der Waals surface area contributed by atoms with Crippen molar-refractivity contribution in [2.75, 3.05) is 4.72 Å². The molecule has 0 aliphatic carbocycles. The quantitative estimate of drug-likeness (QED) is 0.609. The zero-order valence-electron chi connectivity index (χ0n) is 14.9. The third-order valence-electron chi connectivity index (χ3n) is 4.11. The third-order valence-corrected chi connectivity index (χ3v) is 5.51. The minimum Gasteiger partial charge on any atom is -0.481 e. The van der Waals surface area contributed by atoms with Gasteiger partial charge in [-0.25, -0.2) is 8.42 Å². The Morgan fingerprint density at radius 3 is 2.12 bits per heavy atom. The number of hydrogen-bond donors (Lipinski definition) is 2. The van der Waals surface area contributed by atoms with Crippen molar-refractivity contribution in [1.29, 1.82) is 0 Å². The van der Waals surface area contributed by atoms with Crippen LogP contribution in [-0.2, 0) is 27.7 Å². The molecular weight excluding hydrogens is 350 g/mol. The number of hydrogen-bond acceptors (Lipinski definition) is 3. The van der Waals surface area contributed by atoms with E-state index in [4.69, 9.17) is 5.11 Å². The number of aliphatic carboxylic acids is 1. The van der Waals surface area contributed by atoms with Crippen LogP contribution in [0.5, 0.6) is 0 Å². The van der Waals surface area contributed by atoms with Crippen LogP contribution in [0.15, 0.2) is 53.4 Å². The minimum absolute atomic E-state index is 0.0905. The van der Waals surface area contributed by atoms with E-state index in [-0.39, 0.29) is 11.3 Å². The molecule has 0 heterocycles. The van der Waals surface area contributed by atoms with Gasteiger partial charge in [-0.15, -0.1) is 0 Å². The molecule has 5 nitrogen and oxygen atoms in total. The average Bonchev–Trinajstić information content (AvgIpc) is 2.60. The zero-order valence-corrected chi connectivity index (χ0v) is 15.8. The fraction of sp³-hybridized carbons (Fsp3) is 0.350. The summed E-state index contributed by atoms with van der Waals surface area (Å²) in [5.74, 6) is -0.923. The average molecular weight is 375 g/mol. The lowest BCUT2D eigenvalue weighted by atomic mass is 10.1. The Morgan fingerprint density at radius 1 is 0.923 bits per heavy atom. The summed E-state index contributed by atoms with van der Waals surface area (Å²) in [4.78, 5) is 10.9. The van der Waals surface area contributed by atoms with Crippen LogP contribution in [0.1, 0.15) is 43.7 Å². The first-order valence-corrected chi connectivity index (χ1v) is 10.3. The summed E-state index contributed by atoms with van der Waals surface area (Å²) in [6.07, 6.45) is 5.59. The first-order valence-electron chi connectivity index (χ1n) is 8.83. The monoisotopic (exact) mass is 375 g/mol. The van der Waals surface area contributed by atoms with Crippen LogP contribution in [-0.4, -0.2) is 19.5 Å². The summed E-state index contributed by atoms with van der Waals surface area (Å²) in [6.45, 7) is 2.17. The van der Waals surface area contributed by atoms with Gasteiger partial charge in [-0.1, -0.05) is 50.5 Å². The maximum absolute atomic E-state index is 12.5. The van der Waals surface area contributed by atoms with Crippen molar-refractivity contribution in [1.82, 2.24) is 0 Å². The molecule has 0 unspecified atom stereocenters. The molecule has 0 aromatic heterocycles. The molecule has 2 aromatic rings. The highest BCUT2D eigenvalue weighted by Gasteiger charge is 2.14. The first kappa shape index (κ1) is 20.0. The van der Waals surface area contributed by atoms with Gasteiger partial charge in [0.15, 0.2) is 0 Å². The van der Waals surface area contributed by atoms with Gasteiger partial charge < -0.3 is 5.11 Å². The molecule has 0 saturated carbocycles. The molecule has 0 spiro atoms. The van der Waals surface area contributed by atoms with E-state index >= 15 is 0 Å². The normalized spacial score (nSPS) is 11.3. The minimum atomic E-state index is -3.66. The highest BCUT2D eigenvalue weighted by Crippen LogP contribution is 2.18. The van der Waals surface area contributed by atoms with Crippen LogP contribution in [0.25, 0.3) is 0 Å². The molecule has 6 heteroatoms. The maximum Gasteiger partial charge on any atom is 0.307 e. The topological polar surface area (TPSA) is 83.5 Å². The number of rotatable bonds is 10. The fourth-order valence-electron chi connectivity index (χ4n) is 2.67. The molecule has 0 radical (unpaired) electrons. The van der Waals surface area contributed by atoms with Gasteiger partial charge in [-0.3, -0.25) is 9.52 Å². The summed E-state index contributed by atoms with van der Waals surface area (Å²) in [5, 5.41) is 8.76. The smallest absolute Gasteiger partial charge is 0.307 e. The summed E-state index contributed by atoms with van der Waals surface area (Å²) >= 11 is 0. The summed E-state index contributed by atoms with van der Waals surface area (Å²) in [6, 6.07) is 13.3. The number of aryl methyl sites for hydroxylation is 1. The van der Waals surface area contributed by atoms with Crippen LogP contribution >= 0.6 is 0 Å². The lowest BCUT2D eigenvalue weighted by Gasteiger charge is -2.09. The molecule has 0 bridgehead atoms. The van der Waals surface area contributed by atoms with Crippen LogP contribution in [0, 0.1) is 0 Å². The number of sulfonamides is 1. The second-order valence-electron chi connectivity index (χ2n) is 6.33. The van der Waals surface area contributed by atoms with Gasteiger partial charge in [0.1, 0.15) is 0 Å². The molecule has 0 aliphatic rings. The fourth-order valence-corrected chi connectivity index (χ4v) is 3.73. The Hall–Kier alpha value is -2.34. The molecule has 0 amide bonds. The van der Waals surface area contributed by atoms with Gasteiger partial charge in [0.2, 0.25) is 0 Å². The van der Waals surface area contributed by atoms with Gasteiger partial charge in [-0.2, -0.15) is 0 Å². The van der Waals surface area contributed by atoms with Crippen LogP contribution in [0.2, 0.25) is 0 Å². The van der Waals surface area contributed by atoms with E-state index < -0.39 is 16.0 Å². The molecule has 0 aliphatic heterocycles. The van der Waals surface area contributed by atoms with Gasteiger partial charge in [-0.05, 0) is 48.2 Å². The van der Waals surface area contributed by atoms with Crippen molar-refractivity contribution in [2.24, 2.45) is 0 Å². The summed E-state index contributed by atoms with van der Waals surface area (Å²) < 4.78 is 27.5. The van der Waals surface area contributed by atoms with Gasteiger partial charge in [0.05, 0.1) is 11.3 Å². The third kappa shape index (κ3) is 6.19. The molecule has 2 rings (SSSR count). The largest absolute Gasteiger partial charge is 0.481 e. The number of anilines is 1. The molecule has 0 fully saturated rings. The first-order chi connectivity index (χ1) is 12.4. The Labute approximate surface area is 155 Å². The van der Waals surface area contributed by atoms with Crippen molar-refractivity contribution in [3.63, 3.8) is 0 Å². The van der Waals surface area contributed by atoms with E-state index in [1.54, 1.807) is 36.4 Å². The van der Waals surface area contributed by atoms with Crippen molar-refractivity contribution in [3.05, 3.63) is 59.7 Å². The van der Waals surface area contributed by atoms with E-state index in [2.05, 4.69) is 11.6 Å². The number of nitrogens with one attached hydrogen (secondary N) is 1. The van der Waals surface area contributed by atoms with Gasteiger partial charge in [0, 0.05) is 5.69 Å². The van der Waals surface area contributed by atoms with E-state index in [1.165, 1.54) is 19.3 Å². The maximum atomic E-state index is 12.5. The van der Waals surface area contributed by atoms with E-state index in [0.717, 1.165) is 18.4 Å². The molecule has 26 heavy (non-hydrogen) atoms. The Balaban J connectivity index is 1.99. The number of carboxylic acids is 1. The predicted octanol–water partition coefficient (Wildman–Crippen LogP) is 4.24. The van der Waals surface area contributed by atoms with Crippen LogP contribution in [0.3, 0.4) is 0 Å². The molecule has 0 atom stereocenters. The lowest BCUT2D eigenvalue weighted by molar-refractivity contribution is -0.136. The SMILES string of the molecule is CCCCCCc1ccc(S(=O)(=O)Nc2ccc(CC(=O)O)cc2)cc1. The molecule has 0 saturated heterocycles. The zero-order chi connectivity index (χ0) is 19.0. The number of benzene rings is 2. The predicted molar refractivity (Wildman–Crippen MR) is 103 cm³/mol. The van der Waals surface area contributed by atoms with Gasteiger partial charge >= 0.3 is 5.97 Å². The summed E-state index contributed by atoms with van der Waals surface area (Å²) in [7, 11) is -3.66. The molecule has 2 N–H and O–H groups in total. The van der Waals surface area contributed by atoms with E-state index in [9.17, 15) is 13.2 Å². The van der Waals surface area contributed by atoms with E-state index in [1.807, 2.05) is 12.1 Å². The van der Waals surface area contributed by atoms with Crippen LogP contribution in [0.4, 0.5) is 5.69 Å². The molecule has 2 aromatic carbocycles. The summed E-state index contributed by atoms with van der Waals surface area (Å²) in [5.41, 5.74) is 2.16. The van der Waals surface area contributed by atoms with Crippen molar-refractivity contribution >= 4 is 21.7 Å². The highest BCUT2D eigenvalue weighted by atomic mass is 32.2. The van der Waals surface area contributed by atoms with Crippen molar-refractivity contribution in [2.45, 2.75) is 50.3 Å². The Kier molecular flexibility index (Phi) is 7.21. The van der Waals surface area contributed by atoms with Crippen LogP contribution < -0.4 is 4.72 Å². The highest BCUT2D eigenvalue weighted by molar-refractivity contribution is 7.92. The Morgan fingerprint density at radius 2 is 1.54 bits per heavy atom. The lowest BCUT2D eigenvalue weighted by Crippen LogP contribution is -2.13. The number of carboxylic acid groups (broad SMARTS) is 1. The molecular formula is C20H25NO4S. The van der Waals surface area contributed by atoms with Crippen molar-refractivity contribution in [3.8, 4) is 0 Å². The second-order valence-corrected chi connectivity index (χ2v) is 8.01. The second kappa shape index (κ2) is 9.38. The number of unbranched alkanes of at least 4 members (excludes halogenated alkanes) is 3. The standard InChI is InChI=1S/C20H25NO4S/c1-2-3-4-5-6-16-9-13-19(14-10-16)26(24,25)21-18-11-7-17(8-12-18)15-20(22)23/h7-14,21H,2-6,15H2,1H3,(H,22,23).